The van der Waals surface area contributed by atoms with Crippen LogP contribution in [0.2, 0.25) is 0 Å². The van der Waals surface area contributed by atoms with Gasteiger partial charge in [0.1, 0.15) is 11.6 Å². The van der Waals surface area contributed by atoms with Crippen LogP contribution >= 0.6 is 43.2 Å². The van der Waals surface area contributed by atoms with Gasteiger partial charge in [-0.2, -0.15) is 0 Å². The van der Waals surface area contributed by atoms with Gasteiger partial charge in [0.15, 0.2) is 0 Å². The van der Waals surface area contributed by atoms with Gasteiger partial charge in [-0.1, -0.05) is 6.92 Å². The van der Waals surface area contributed by atoms with Crippen molar-refractivity contribution in [3.63, 3.8) is 0 Å². The van der Waals surface area contributed by atoms with Crippen LogP contribution in [-0.2, 0) is 0 Å². The first-order valence-electron chi connectivity index (χ1n) is 6.07. The average Bonchev–Trinajstić information content (AvgIpc) is 2.71. The van der Waals surface area contributed by atoms with E-state index >= 15 is 0 Å². The van der Waals surface area contributed by atoms with E-state index in [4.69, 9.17) is 0 Å². The van der Waals surface area contributed by atoms with Gasteiger partial charge < -0.3 is 5.32 Å². The molecule has 0 saturated carbocycles. The van der Waals surface area contributed by atoms with Crippen LogP contribution in [0.15, 0.2) is 26.5 Å². The van der Waals surface area contributed by atoms with Crippen LogP contribution in [-0.4, -0.2) is 6.54 Å². The third-order valence-corrected chi connectivity index (χ3v) is 5.73. The lowest BCUT2D eigenvalue weighted by Gasteiger charge is -2.18. The number of hydrogen-bond donors (Lipinski definition) is 1. The van der Waals surface area contributed by atoms with Crippen molar-refractivity contribution in [1.29, 1.82) is 0 Å². The fourth-order valence-corrected chi connectivity index (χ4v) is 3.93. The second-order valence-electron chi connectivity index (χ2n) is 4.38. The maximum absolute atomic E-state index is 14.2. The van der Waals surface area contributed by atoms with Crippen molar-refractivity contribution in [2.75, 3.05) is 6.54 Å². The number of aryl methyl sites for hydroxylation is 1. The van der Waals surface area contributed by atoms with E-state index in [0.29, 0.717) is 12.1 Å². The smallest absolute Gasteiger partial charge is 0.137 e. The van der Waals surface area contributed by atoms with Gasteiger partial charge in [-0.05, 0) is 69.1 Å². The first kappa shape index (κ1) is 16.1. The molecule has 2 rings (SSSR count). The second-order valence-corrected chi connectivity index (χ2v) is 7.64. The number of halogens is 4. The normalized spacial score (nSPS) is 12.7. The van der Waals surface area contributed by atoms with Crippen molar-refractivity contribution in [2.45, 2.75) is 19.9 Å². The van der Waals surface area contributed by atoms with Crippen LogP contribution in [0.5, 0.6) is 0 Å². The summed E-state index contributed by atoms with van der Waals surface area (Å²) in [7, 11) is 0. The lowest BCUT2D eigenvalue weighted by Crippen LogP contribution is -2.22. The Balaban J connectivity index is 2.50. The largest absolute Gasteiger partial charge is 0.306 e. The molecule has 0 spiro atoms. The molecule has 0 saturated heterocycles. The van der Waals surface area contributed by atoms with E-state index in [0.717, 1.165) is 14.2 Å². The van der Waals surface area contributed by atoms with Gasteiger partial charge in [0.2, 0.25) is 0 Å². The number of rotatable bonds is 4. The molecule has 1 nitrogen and oxygen atoms in total. The molecule has 0 aliphatic heterocycles. The minimum Gasteiger partial charge on any atom is -0.306 e. The third kappa shape index (κ3) is 3.30. The fourth-order valence-electron chi connectivity index (χ4n) is 1.95. The summed E-state index contributed by atoms with van der Waals surface area (Å²) >= 11 is 8.00. The highest BCUT2D eigenvalue weighted by atomic mass is 79.9. The Kier molecular flexibility index (Phi) is 5.34. The Morgan fingerprint density at radius 3 is 2.45 bits per heavy atom. The predicted molar refractivity (Wildman–Crippen MR) is 86.3 cm³/mol. The first-order chi connectivity index (χ1) is 9.43. The summed E-state index contributed by atoms with van der Waals surface area (Å²) in [5, 5.41) is 3.21. The predicted octanol–water partition coefficient (Wildman–Crippen LogP) is 5.56. The molecule has 0 fully saturated rings. The topological polar surface area (TPSA) is 12.0 Å². The molecule has 1 unspecified atom stereocenters. The average molecular weight is 425 g/mol. The van der Waals surface area contributed by atoms with Crippen molar-refractivity contribution in [3.05, 3.63) is 54.1 Å². The SMILES string of the molecule is CCNC(c1cc(C)c(Br)s1)c1cc(F)c(Br)cc1F. The van der Waals surface area contributed by atoms with Crippen LogP contribution in [0.4, 0.5) is 8.78 Å². The van der Waals surface area contributed by atoms with Crippen LogP contribution in [0.3, 0.4) is 0 Å². The maximum Gasteiger partial charge on any atom is 0.137 e. The fraction of sp³-hybridized carbons (Fsp3) is 0.286. The molecule has 0 bridgehead atoms. The third-order valence-electron chi connectivity index (χ3n) is 2.92. The Hall–Kier alpha value is -0.300. The summed E-state index contributed by atoms with van der Waals surface area (Å²) in [6.45, 7) is 4.58. The summed E-state index contributed by atoms with van der Waals surface area (Å²) in [5.41, 5.74) is 1.41. The monoisotopic (exact) mass is 423 g/mol. The van der Waals surface area contributed by atoms with E-state index in [2.05, 4.69) is 37.2 Å². The Morgan fingerprint density at radius 2 is 1.90 bits per heavy atom. The molecule has 108 valence electrons. The van der Waals surface area contributed by atoms with Crippen LogP contribution in [0.1, 0.15) is 29.0 Å². The molecule has 1 atom stereocenters. The summed E-state index contributed by atoms with van der Waals surface area (Å²) in [4.78, 5) is 0.955. The Bertz CT molecular complexity index is 608. The van der Waals surface area contributed by atoms with Gasteiger partial charge >= 0.3 is 0 Å². The molecular weight excluding hydrogens is 412 g/mol. The zero-order valence-corrected chi connectivity index (χ0v) is 14.9. The van der Waals surface area contributed by atoms with E-state index in [1.165, 1.54) is 23.5 Å². The van der Waals surface area contributed by atoms with Crippen LogP contribution < -0.4 is 5.32 Å². The molecule has 0 aliphatic carbocycles. The minimum atomic E-state index is -0.461. The first-order valence-corrected chi connectivity index (χ1v) is 8.48. The van der Waals surface area contributed by atoms with Crippen molar-refractivity contribution in [2.24, 2.45) is 0 Å². The Morgan fingerprint density at radius 1 is 1.20 bits per heavy atom. The molecule has 0 radical (unpaired) electrons. The van der Waals surface area contributed by atoms with Gasteiger partial charge in [0.05, 0.1) is 14.3 Å². The molecule has 0 amide bonds. The molecule has 0 aliphatic rings. The molecule has 6 heteroatoms. The maximum atomic E-state index is 14.2. The minimum absolute atomic E-state index is 0.137. The van der Waals surface area contributed by atoms with E-state index < -0.39 is 11.6 Å². The lowest BCUT2D eigenvalue weighted by molar-refractivity contribution is 0.545. The van der Waals surface area contributed by atoms with Gasteiger partial charge in [0, 0.05) is 10.4 Å². The van der Waals surface area contributed by atoms with Crippen molar-refractivity contribution in [1.82, 2.24) is 5.32 Å². The molecule has 1 heterocycles. The summed E-state index contributed by atoms with van der Waals surface area (Å²) in [6.07, 6.45) is 0. The molecule has 1 aromatic carbocycles. The number of benzene rings is 1. The van der Waals surface area contributed by atoms with Crippen molar-refractivity contribution >= 4 is 43.2 Å². The van der Waals surface area contributed by atoms with E-state index in [1.54, 1.807) is 0 Å². The van der Waals surface area contributed by atoms with Crippen molar-refractivity contribution < 1.29 is 8.78 Å². The highest BCUT2D eigenvalue weighted by Crippen LogP contribution is 2.36. The number of nitrogens with one attached hydrogen (secondary N) is 1. The molecule has 20 heavy (non-hydrogen) atoms. The Labute approximate surface area is 137 Å². The quantitative estimate of drug-likeness (QED) is 0.633. The number of hydrogen-bond acceptors (Lipinski definition) is 2. The zero-order chi connectivity index (χ0) is 14.9. The molecule has 2 aromatic rings. The summed E-state index contributed by atoms with van der Waals surface area (Å²) in [5.74, 6) is -0.886. The second kappa shape index (κ2) is 6.64. The van der Waals surface area contributed by atoms with Gasteiger partial charge in [-0.15, -0.1) is 11.3 Å². The zero-order valence-electron chi connectivity index (χ0n) is 10.9. The van der Waals surface area contributed by atoms with E-state index in [1.807, 2.05) is 19.9 Å². The van der Waals surface area contributed by atoms with Gasteiger partial charge in [0.25, 0.3) is 0 Å². The molecule has 1 N–H and O–H groups in total. The molecule has 1 aromatic heterocycles. The highest BCUT2D eigenvalue weighted by Gasteiger charge is 2.21. The van der Waals surface area contributed by atoms with Crippen molar-refractivity contribution in [3.8, 4) is 0 Å². The summed E-state index contributed by atoms with van der Waals surface area (Å²) < 4.78 is 29.0. The van der Waals surface area contributed by atoms with E-state index in [9.17, 15) is 8.78 Å². The van der Waals surface area contributed by atoms with Crippen LogP contribution in [0, 0.1) is 18.6 Å². The molecular formula is C14H13Br2F2NS. The van der Waals surface area contributed by atoms with Gasteiger partial charge in [-0.3, -0.25) is 0 Å². The standard InChI is InChI=1S/C14H13Br2F2NS/c1-3-19-13(12-4-7(2)14(16)20-12)8-5-11(18)9(15)6-10(8)17/h4-6,13,19H,3H2,1-2H3. The van der Waals surface area contributed by atoms with Gasteiger partial charge in [-0.25, -0.2) is 8.78 Å². The van der Waals surface area contributed by atoms with Crippen LogP contribution in [0.25, 0.3) is 0 Å². The number of thiophene rings is 1. The van der Waals surface area contributed by atoms with E-state index in [-0.39, 0.29) is 10.5 Å². The highest BCUT2D eigenvalue weighted by molar-refractivity contribution is 9.11. The summed E-state index contributed by atoms with van der Waals surface area (Å²) in [6, 6.07) is 4.06. The lowest BCUT2D eigenvalue weighted by atomic mass is 10.0.